The van der Waals surface area contributed by atoms with Crippen LogP contribution >= 0.6 is 11.8 Å². The summed E-state index contributed by atoms with van der Waals surface area (Å²) in [6, 6.07) is 12.7. The molecular formula is C19H21N7S. The average molecular weight is 379 g/mol. The zero-order valence-electron chi connectivity index (χ0n) is 15.4. The number of nitrogens with zero attached hydrogens (tertiary/aromatic N) is 4. The molecule has 0 bridgehead atoms. The molecule has 8 heteroatoms. The maximum absolute atomic E-state index is 4.75. The quantitative estimate of drug-likeness (QED) is 0.429. The van der Waals surface area contributed by atoms with Gasteiger partial charge in [-0.3, -0.25) is 9.50 Å². The lowest BCUT2D eigenvalue weighted by Gasteiger charge is -2.11. The SMILES string of the molecule is Cc1cc(Nc2nc(Sc3ccc(NC(C)C)cc3)cc3nccn23)n[nH]1. The predicted octanol–water partition coefficient (Wildman–Crippen LogP) is 4.48. The van der Waals surface area contributed by atoms with Crippen LogP contribution in [0.25, 0.3) is 5.65 Å². The minimum absolute atomic E-state index is 0.410. The van der Waals surface area contributed by atoms with Crippen LogP contribution in [0.15, 0.2) is 58.7 Å². The number of benzene rings is 1. The molecule has 138 valence electrons. The van der Waals surface area contributed by atoms with Gasteiger partial charge in [0.15, 0.2) is 5.82 Å². The van der Waals surface area contributed by atoms with Crippen LogP contribution in [-0.4, -0.2) is 30.6 Å². The Labute approximate surface area is 161 Å². The molecule has 3 heterocycles. The van der Waals surface area contributed by atoms with E-state index in [1.807, 2.05) is 29.7 Å². The van der Waals surface area contributed by atoms with Gasteiger partial charge in [-0.15, -0.1) is 0 Å². The molecule has 0 saturated carbocycles. The third-order valence-electron chi connectivity index (χ3n) is 3.84. The molecule has 0 unspecified atom stereocenters. The molecule has 0 spiro atoms. The van der Waals surface area contributed by atoms with E-state index in [1.165, 1.54) is 0 Å². The fourth-order valence-corrected chi connectivity index (χ4v) is 3.52. The molecule has 4 rings (SSSR count). The van der Waals surface area contributed by atoms with Crippen LogP contribution in [0.5, 0.6) is 0 Å². The Morgan fingerprint density at radius 2 is 1.96 bits per heavy atom. The van der Waals surface area contributed by atoms with Crippen molar-refractivity contribution in [2.24, 2.45) is 0 Å². The Morgan fingerprint density at radius 1 is 1.15 bits per heavy atom. The van der Waals surface area contributed by atoms with Crippen molar-refractivity contribution in [3.8, 4) is 0 Å². The first-order valence-corrected chi connectivity index (χ1v) is 9.56. The maximum Gasteiger partial charge on any atom is 0.215 e. The molecule has 4 aromatic rings. The van der Waals surface area contributed by atoms with Crippen molar-refractivity contribution < 1.29 is 0 Å². The Hall–Kier alpha value is -3.00. The average Bonchev–Trinajstić information content (AvgIpc) is 3.25. The first kappa shape index (κ1) is 17.4. The number of anilines is 3. The summed E-state index contributed by atoms with van der Waals surface area (Å²) in [5, 5.41) is 14.7. The van der Waals surface area contributed by atoms with E-state index >= 15 is 0 Å². The molecule has 0 saturated heterocycles. The lowest BCUT2D eigenvalue weighted by atomic mass is 10.3. The third-order valence-corrected chi connectivity index (χ3v) is 4.77. The van der Waals surface area contributed by atoms with Gasteiger partial charge in [0.05, 0.1) is 0 Å². The van der Waals surface area contributed by atoms with Gasteiger partial charge in [-0.2, -0.15) is 5.10 Å². The van der Waals surface area contributed by atoms with Crippen LogP contribution in [0.4, 0.5) is 17.5 Å². The van der Waals surface area contributed by atoms with Crippen LogP contribution in [0, 0.1) is 6.92 Å². The topological polar surface area (TPSA) is 82.9 Å². The second-order valence-electron chi connectivity index (χ2n) is 6.56. The molecule has 0 fully saturated rings. The highest BCUT2D eigenvalue weighted by molar-refractivity contribution is 7.99. The normalized spacial score (nSPS) is 11.3. The highest BCUT2D eigenvalue weighted by Gasteiger charge is 2.10. The molecular weight excluding hydrogens is 358 g/mol. The third kappa shape index (κ3) is 4.06. The summed E-state index contributed by atoms with van der Waals surface area (Å²) in [5.74, 6) is 1.40. The van der Waals surface area contributed by atoms with E-state index < -0.39 is 0 Å². The Balaban J connectivity index is 1.60. The second kappa shape index (κ2) is 7.32. The van der Waals surface area contributed by atoms with Crippen LogP contribution in [0.2, 0.25) is 0 Å². The number of rotatable bonds is 6. The summed E-state index contributed by atoms with van der Waals surface area (Å²) in [6.45, 7) is 6.21. The van der Waals surface area contributed by atoms with E-state index in [1.54, 1.807) is 18.0 Å². The van der Waals surface area contributed by atoms with Gasteiger partial charge >= 0.3 is 0 Å². The van der Waals surface area contributed by atoms with E-state index in [0.717, 1.165) is 32.8 Å². The number of imidazole rings is 1. The molecule has 0 aliphatic rings. The van der Waals surface area contributed by atoms with E-state index in [9.17, 15) is 0 Å². The van der Waals surface area contributed by atoms with Crippen molar-refractivity contribution >= 4 is 34.9 Å². The highest BCUT2D eigenvalue weighted by atomic mass is 32.2. The lowest BCUT2D eigenvalue weighted by Crippen LogP contribution is -2.09. The first-order chi connectivity index (χ1) is 13.1. The van der Waals surface area contributed by atoms with Crippen molar-refractivity contribution in [1.82, 2.24) is 24.6 Å². The van der Waals surface area contributed by atoms with Gasteiger partial charge in [0.1, 0.15) is 10.7 Å². The number of fused-ring (bicyclic) bond motifs is 1. The van der Waals surface area contributed by atoms with Crippen molar-refractivity contribution in [2.75, 3.05) is 10.6 Å². The standard InChI is InChI=1S/C19H21N7S/c1-12(2)21-14-4-6-15(7-5-14)27-18-11-17-20-8-9-26(17)19(23-18)22-16-10-13(3)24-25-16/h4-12,21H,1-3H3,(H2,22,23,24,25). The predicted molar refractivity (Wildman–Crippen MR) is 109 cm³/mol. The molecule has 7 nitrogen and oxygen atoms in total. The molecule has 0 radical (unpaired) electrons. The van der Waals surface area contributed by atoms with Gasteiger partial charge < -0.3 is 10.6 Å². The minimum atomic E-state index is 0.410. The monoisotopic (exact) mass is 379 g/mol. The Bertz CT molecular complexity index is 1050. The van der Waals surface area contributed by atoms with Crippen molar-refractivity contribution in [2.45, 2.75) is 36.7 Å². The van der Waals surface area contributed by atoms with Crippen LogP contribution in [0.3, 0.4) is 0 Å². The number of aromatic amines is 1. The van der Waals surface area contributed by atoms with Crippen molar-refractivity contribution in [3.63, 3.8) is 0 Å². The van der Waals surface area contributed by atoms with Gasteiger partial charge in [-0.25, -0.2) is 9.97 Å². The van der Waals surface area contributed by atoms with Gasteiger partial charge in [0.2, 0.25) is 5.95 Å². The van der Waals surface area contributed by atoms with Gasteiger partial charge in [-0.1, -0.05) is 11.8 Å². The van der Waals surface area contributed by atoms with Crippen molar-refractivity contribution in [3.05, 3.63) is 54.5 Å². The number of aryl methyl sites for hydroxylation is 1. The Kier molecular flexibility index (Phi) is 4.72. The summed E-state index contributed by atoms with van der Waals surface area (Å²) in [4.78, 5) is 10.3. The van der Waals surface area contributed by atoms with E-state index in [2.05, 4.69) is 63.9 Å². The summed E-state index contributed by atoms with van der Waals surface area (Å²) >= 11 is 1.60. The minimum Gasteiger partial charge on any atom is -0.383 e. The molecule has 1 aromatic carbocycles. The molecule has 0 atom stereocenters. The van der Waals surface area contributed by atoms with Gasteiger partial charge in [0.25, 0.3) is 0 Å². The highest BCUT2D eigenvalue weighted by Crippen LogP contribution is 2.29. The first-order valence-electron chi connectivity index (χ1n) is 8.74. The fourth-order valence-electron chi connectivity index (χ4n) is 2.71. The molecule has 0 amide bonds. The van der Waals surface area contributed by atoms with Crippen LogP contribution < -0.4 is 10.6 Å². The number of nitrogens with one attached hydrogen (secondary N) is 3. The van der Waals surface area contributed by atoms with E-state index in [0.29, 0.717) is 12.0 Å². The summed E-state index contributed by atoms with van der Waals surface area (Å²) < 4.78 is 1.91. The second-order valence-corrected chi connectivity index (χ2v) is 7.65. The molecule has 27 heavy (non-hydrogen) atoms. The summed E-state index contributed by atoms with van der Waals surface area (Å²) in [7, 11) is 0. The maximum atomic E-state index is 4.75. The van der Waals surface area contributed by atoms with Gasteiger partial charge in [0, 0.05) is 46.8 Å². The number of hydrogen-bond donors (Lipinski definition) is 3. The van der Waals surface area contributed by atoms with E-state index in [-0.39, 0.29) is 0 Å². The van der Waals surface area contributed by atoms with Crippen LogP contribution in [0.1, 0.15) is 19.5 Å². The lowest BCUT2D eigenvalue weighted by molar-refractivity contribution is 0.899. The number of hydrogen-bond acceptors (Lipinski definition) is 6. The zero-order valence-corrected chi connectivity index (χ0v) is 16.2. The number of aromatic nitrogens is 5. The van der Waals surface area contributed by atoms with Crippen molar-refractivity contribution in [1.29, 1.82) is 0 Å². The van der Waals surface area contributed by atoms with Crippen LogP contribution in [-0.2, 0) is 0 Å². The molecule has 3 N–H and O–H groups in total. The molecule has 3 aromatic heterocycles. The summed E-state index contributed by atoms with van der Waals surface area (Å²) in [6.07, 6.45) is 3.64. The molecule has 0 aliphatic heterocycles. The Morgan fingerprint density at radius 3 is 2.67 bits per heavy atom. The summed E-state index contributed by atoms with van der Waals surface area (Å²) in [5.41, 5.74) is 2.93. The largest absolute Gasteiger partial charge is 0.383 e. The smallest absolute Gasteiger partial charge is 0.215 e. The fraction of sp³-hybridized carbons (Fsp3) is 0.211. The van der Waals surface area contributed by atoms with Gasteiger partial charge in [-0.05, 0) is 45.0 Å². The van der Waals surface area contributed by atoms with E-state index in [4.69, 9.17) is 4.98 Å². The zero-order chi connectivity index (χ0) is 18.8. The number of H-pyrrole nitrogens is 1. The molecule has 0 aliphatic carbocycles.